The van der Waals surface area contributed by atoms with Crippen LogP contribution < -0.4 is 0 Å². The molecular weight excluding hydrogens is 500 g/mol. The molecule has 0 aliphatic rings. The largest absolute Gasteiger partial charge is 0.477 e. The highest BCUT2D eigenvalue weighted by molar-refractivity contribution is 8.04. The molecule has 0 fully saturated rings. The van der Waals surface area contributed by atoms with Crippen LogP contribution in [0.3, 0.4) is 0 Å². The molecule has 3 aromatic heterocycles. The van der Waals surface area contributed by atoms with E-state index in [4.69, 9.17) is 16.0 Å². The summed E-state index contributed by atoms with van der Waals surface area (Å²) in [7, 11) is 0. The molecule has 0 spiro atoms. The van der Waals surface area contributed by atoms with Gasteiger partial charge in [-0.3, -0.25) is 5.10 Å². The Kier molecular flexibility index (Phi) is 6.23. The fraction of sp³-hybridized carbons (Fsp3) is 0. The number of aromatic amines is 1. The van der Waals surface area contributed by atoms with Crippen molar-refractivity contribution in [2.45, 2.75) is 14.6 Å². The lowest BCUT2D eigenvalue weighted by molar-refractivity contribution is -0.131. The summed E-state index contributed by atoms with van der Waals surface area (Å²) in [6.45, 7) is 0. The molecule has 7 nitrogen and oxygen atoms in total. The summed E-state index contributed by atoms with van der Waals surface area (Å²) in [5, 5.41) is 18.1. The summed E-state index contributed by atoms with van der Waals surface area (Å²) in [4.78, 5) is 20.8. The molecule has 2 aromatic carbocycles. The van der Waals surface area contributed by atoms with Crippen molar-refractivity contribution >= 4 is 68.7 Å². The maximum atomic E-state index is 11.8. The Morgan fingerprint density at radius 3 is 2.70 bits per heavy atom. The molecule has 0 atom stereocenters. The molecule has 0 saturated heterocycles. The van der Waals surface area contributed by atoms with Crippen molar-refractivity contribution in [1.29, 1.82) is 0 Å². The number of carboxylic acids is 1. The van der Waals surface area contributed by atoms with E-state index in [1.54, 1.807) is 47.7 Å². The van der Waals surface area contributed by atoms with Crippen LogP contribution in [-0.4, -0.2) is 31.2 Å². The first-order chi connectivity index (χ1) is 16.0. The fourth-order valence-corrected chi connectivity index (χ4v) is 5.62. The molecule has 0 radical (unpaired) electrons. The second-order valence-electron chi connectivity index (χ2n) is 6.60. The van der Waals surface area contributed by atoms with Crippen molar-refractivity contribution in [3.63, 3.8) is 0 Å². The number of thiazole rings is 1. The molecular formula is C22H13ClN4O3S3. The number of rotatable bonds is 7. The summed E-state index contributed by atoms with van der Waals surface area (Å²) in [5.41, 5.74) is 1.73. The lowest BCUT2D eigenvalue weighted by Crippen LogP contribution is -1.97. The van der Waals surface area contributed by atoms with Crippen molar-refractivity contribution < 1.29 is 14.3 Å². The number of para-hydroxylation sites is 1. The number of hydrogen-bond donors (Lipinski definition) is 2. The van der Waals surface area contributed by atoms with Crippen LogP contribution in [0.5, 0.6) is 0 Å². The van der Waals surface area contributed by atoms with Gasteiger partial charge in [-0.05, 0) is 72.1 Å². The second kappa shape index (κ2) is 9.44. The van der Waals surface area contributed by atoms with Gasteiger partial charge in [0.05, 0.1) is 10.2 Å². The van der Waals surface area contributed by atoms with E-state index in [1.807, 2.05) is 24.3 Å². The molecule has 33 heavy (non-hydrogen) atoms. The van der Waals surface area contributed by atoms with E-state index in [1.165, 1.54) is 17.8 Å². The Morgan fingerprint density at radius 1 is 1.09 bits per heavy atom. The summed E-state index contributed by atoms with van der Waals surface area (Å²) < 4.78 is 7.75. The molecule has 0 amide bonds. The molecule has 5 rings (SSSR count). The number of carbonyl (C=O) groups is 1. The topological polar surface area (TPSA) is 105 Å². The SMILES string of the molecule is O=C(O)/C(=C/c1ccc(Sc2nc3ccccc3s2)o1)Sc1n[nH]c(-c2ccc(Cl)cc2)n1. The normalized spacial score (nSPS) is 11.8. The van der Waals surface area contributed by atoms with Gasteiger partial charge in [0.2, 0.25) is 5.16 Å². The zero-order valence-corrected chi connectivity index (χ0v) is 19.8. The van der Waals surface area contributed by atoms with Gasteiger partial charge in [-0.25, -0.2) is 14.8 Å². The summed E-state index contributed by atoms with van der Waals surface area (Å²) >= 11 is 9.81. The van der Waals surface area contributed by atoms with Crippen molar-refractivity contribution in [3.8, 4) is 11.4 Å². The Hall–Kier alpha value is -3.05. The zero-order chi connectivity index (χ0) is 22.8. The number of carboxylic acid groups (broad SMARTS) is 1. The number of benzene rings is 2. The first kappa shape index (κ1) is 21.8. The molecule has 0 bridgehead atoms. The summed E-state index contributed by atoms with van der Waals surface area (Å²) in [6.07, 6.45) is 1.45. The van der Waals surface area contributed by atoms with Crippen LogP contribution in [0, 0.1) is 0 Å². The quantitative estimate of drug-likeness (QED) is 0.183. The van der Waals surface area contributed by atoms with E-state index in [0.29, 0.717) is 21.7 Å². The van der Waals surface area contributed by atoms with Crippen LogP contribution in [-0.2, 0) is 4.79 Å². The molecule has 0 aliphatic heterocycles. The highest BCUT2D eigenvalue weighted by Gasteiger charge is 2.16. The zero-order valence-electron chi connectivity index (χ0n) is 16.6. The number of aliphatic carboxylic acids is 1. The number of fused-ring (bicyclic) bond motifs is 1. The Bertz CT molecular complexity index is 1440. The number of hydrogen-bond acceptors (Lipinski definition) is 8. The maximum absolute atomic E-state index is 11.8. The van der Waals surface area contributed by atoms with Crippen molar-refractivity contribution in [2.24, 2.45) is 0 Å². The van der Waals surface area contributed by atoms with Crippen LogP contribution in [0.25, 0.3) is 27.7 Å². The Morgan fingerprint density at radius 2 is 1.91 bits per heavy atom. The van der Waals surface area contributed by atoms with Gasteiger partial charge >= 0.3 is 5.97 Å². The van der Waals surface area contributed by atoms with Crippen LogP contribution in [0.4, 0.5) is 0 Å². The minimum Gasteiger partial charge on any atom is -0.477 e. The van der Waals surface area contributed by atoms with Gasteiger partial charge in [0.1, 0.15) is 10.7 Å². The summed E-state index contributed by atoms with van der Waals surface area (Å²) in [5.74, 6) is -0.169. The van der Waals surface area contributed by atoms with Crippen LogP contribution in [0.15, 0.2) is 84.6 Å². The number of aromatic nitrogens is 4. The highest BCUT2D eigenvalue weighted by Crippen LogP contribution is 2.36. The Balaban J connectivity index is 1.32. The molecule has 3 heterocycles. The average molecular weight is 513 g/mol. The number of nitrogens with zero attached hydrogens (tertiary/aromatic N) is 3. The molecule has 11 heteroatoms. The van der Waals surface area contributed by atoms with E-state index in [9.17, 15) is 9.90 Å². The average Bonchev–Trinajstić information content (AvgIpc) is 3.54. The first-order valence-electron chi connectivity index (χ1n) is 9.48. The number of halogens is 1. The van der Waals surface area contributed by atoms with Gasteiger partial charge in [0.25, 0.3) is 0 Å². The lowest BCUT2D eigenvalue weighted by atomic mass is 10.2. The fourth-order valence-electron chi connectivity index (χ4n) is 2.84. The van der Waals surface area contributed by atoms with Crippen LogP contribution in [0.2, 0.25) is 5.02 Å². The third-order valence-corrected chi connectivity index (χ3v) is 7.48. The third kappa shape index (κ3) is 5.14. The minimum absolute atomic E-state index is 0.0301. The van der Waals surface area contributed by atoms with Crippen LogP contribution in [0.1, 0.15) is 5.76 Å². The number of nitrogens with one attached hydrogen (secondary N) is 1. The predicted octanol–water partition coefficient (Wildman–Crippen LogP) is 6.70. The highest BCUT2D eigenvalue weighted by atomic mass is 35.5. The van der Waals surface area contributed by atoms with Gasteiger partial charge in [-0.2, -0.15) is 0 Å². The number of H-pyrrole nitrogens is 1. The summed E-state index contributed by atoms with van der Waals surface area (Å²) in [6, 6.07) is 18.5. The van der Waals surface area contributed by atoms with Crippen molar-refractivity contribution in [2.75, 3.05) is 0 Å². The van der Waals surface area contributed by atoms with Crippen molar-refractivity contribution in [1.82, 2.24) is 20.2 Å². The minimum atomic E-state index is -1.10. The lowest BCUT2D eigenvalue weighted by Gasteiger charge is -1.98. The van der Waals surface area contributed by atoms with E-state index in [0.717, 1.165) is 31.9 Å². The van der Waals surface area contributed by atoms with E-state index in [2.05, 4.69) is 20.2 Å². The first-order valence-corrected chi connectivity index (χ1v) is 12.3. The van der Waals surface area contributed by atoms with Gasteiger partial charge in [0.15, 0.2) is 15.3 Å². The monoisotopic (exact) mass is 512 g/mol. The van der Waals surface area contributed by atoms with E-state index in [-0.39, 0.29) is 10.1 Å². The van der Waals surface area contributed by atoms with Crippen molar-refractivity contribution in [3.05, 3.63) is 76.4 Å². The van der Waals surface area contributed by atoms with E-state index < -0.39 is 5.97 Å². The molecule has 2 N–H and O–H groups in total. The Labute approximate surface area is 204 Å². The molecule has 5 aromatic rings. The third-order valence-electron chi connectivity index (χ3n) is 4.33. The molecule has 164 valence electrons. The van der Waals surface area contributed by atoms with Crippen LogP contribution >= 0.6 is 46.5 Å². The molecule has 0 saturated carbocycles. The standard InChI is InChI=1S/C22H13ClN4O3S3/c23-13-7-5-12(6-8-13)19-25-21(27-26-19)31-17(20(28)29)11-14-9-10-18(30-14)33-22-24-15-3-1-2-4-16(15)32-22/h1-11H,(H,28,29)(H,25,26,27)/b17-11-. The van der Waals surface area contributed by atoms with Gasteiger partial charge in [0, 0.05) is 16.7 Å². The number of furan rings is 1. The molecule has 0 aliphatic carbocycles. The second-order valence-corrected chi connectivity index (χ2v) is 10.3. The maximum Gasteiger partial charge on any atom is 0.342 e. The van der Waals surface area contributed by atoms with E-state index >= 15 is 0 Å². The number of thioether (sulfide) groups is 1. The smallest absolute Gasteiger partial charge is 0.342 e. The predicted molar refractivity (Wildman–Crippen MR) is 131 cm³/mol. The molecule has 0 unspecified atom stereocenters. The van der Waals surface area contributed by atoms with Gasteiger partial charge in [-0.1, -0.05) is 23.7 Å². The van der Waals surface area contributed by atoms with Gasteiger partial charge in [-0.15, -0.1) is 16.4 Å². The van der Waals surface area contributed by atoms with Gasteiger partial charge < -0.3 is 9.52 Å².